The van der Waals surface area contributed by atoms with Crippen LogP contribution in [0.3, 0.4) is 0 Å². The van der Waals surface area contributed by atoms with E-state index in [1.165, 1.54) is 70.6 Å². The van der Waals surface area contributed by atoms with E-state index in [0.29, 0.717) is 79.0 Å². The lowest BCUT2D eigenvalue weighted by molar-refractivity contribution is -0.121. The van der Waals surface area contributed by atoms with Crippen molar-refractivity contribution >= 4 is 18.5 Å². The molecule has 0 aromatic heterocycles. The molecule has 222 valence electrons. The summed E-state index contributed by atoms with van der Waals surface area (Å²) in [6.07, 6.45) is 17.4. The molecule has 1 amide bonds. The molecule has 0 aromatic rings. The molecule has 0 aliphatic carbocycles. The Morgan fingerprint density at radius 2 is 0.865 bits per heavy atom. The number of aliphatic hydroxyl groups excluding tert-OH is 1. The van der Waals surface area contributed by atoms with Gasteiger partial charge in [0.1, 0.15) is 0 Å². The van der Waals surface area contributed by atoms with Crippen molar-refractivity contribution in [3.63, 3.8) is 0 Å². The topological polar surface area (TPSA) is 95.5 Å². The summed E-state index contributed by atoms with van der Waals surface area (Å²) in [5, 5.41) is 11.5. The number of rotatable bonds is 32. The van der Waals surface area contributed by atoms with Gasteiger partial charge in [0, 0.05) is 13.0 Å². The third-order valence-corrected chi connectivity index (χ3v) is 6.17. The molecule has 0 atom stereocenters. The number of hydrogen-bond donors (Lipinski definition) is 3. The lowest BCUT2D eigenvalue weighted by Gasteiger charge is -2.08. The van der Waals surface area contributed by atoms with Crippen LogP contribution in [0, 0.1) is 0 Å². The van der Waals surface area contributed by atoms with E-state index in [-0.39, 0.29) is 12.5 Å². The Balaban J connectivity index is 3.14. The second-order valence-corrected chi connectivity index (χ2v) is 9.65. The molecule has 0 rings (SSSR count). The SMILES string of the molecule is O=C(CCCCCCCCCCCCCCCS)NCCOCCOCCOCCOCCOCCO. The summed E-state index contributed by atoms with van der Waals surface area (Å²) < 4.78 is 26.7. The van der Waals surface area contributed by atoms with Crippen molar-refractivity contribution in [2.24, 2.45) is 0 Å². The van der Waals surface area contributed by atoms with E-state index in [0.717, 1.165) is 18.6 Å². The molecule has 0 saturated heterocycles. The van der Waals surface area contributed by atoms with Gasteiger partial charge >= 0.3 is 0 Å². The van der Waals surface area contributed by atoms with Gasteiger partial charge in [-0.15, -0.1) is 0 Å². The zero-order valence-electron chi connectivity index (χ0n) is 23.4. The molecule has 2 N–H and O–H groups in total. The van der Waals surface area contributed by atoms with Crippen molar-refractivity contribution < 1.29 is 33.6 Å². The van der Waals surface area contributed by atoms with E-state index >= 15 is 0 Å². The number of carbonyl (C=O) groups excluding carboxylic acids is 1. The zero-order valence-corrected chi connectivity index (χ0v) is 24.3. The van der Waals surface area contributed by atoms with Crippen LogP contribution in [0.4, 0.5) is 0 Å². The number of nitrogens with one attached hydrogen (secondary N) is 1. The first-order valence-electron chi connectivity index (χ1n) is 14.7. The van der Waals surface area contributed by atoms with Gasteiger partial charge in [0.25, 0.3) is 0 Å². The minimum Gasteiger partial charge on any atom is -0.394 e. The van der Waals surface area contributed by atoms with Crippen molar-refractivity contribution in [1.29, 1.82) is 0 Å². The van der Waals surface area contributed by atoms with Crippen LogP contribution in [0.2, 0.25) is 0 Å². The van der Waals surface area contributed by atoms with Gasteiger partial charge in [-0.1, -0.05) is 70.6 Å². The van der Waals surface area contributed by atoms with Crippen LogP contribution < -0.4 is 5.32 Å². The smallest absolute Gasteiger partial charge is 0.220 e. The van der Waals surface area contributed by atoms with E-state index in [4.69, 9.17) is 28.8 Å². The van der Waals surface area contributed by atoms with Gasteiger partial charge in [-0.05, 0) is 18.6 Å². The fraction of sp³-hybridized carbons (Fsp3) is 0.964. The monoisotopic (exact) mass is 551 g/mol. The van der Waals surface area contributed by atoms with Crippen LogP contribution in [-0.4, -0.2) is 96.0 Å². The molecule has 0 aliphatic heterocycles. The van der Waals surface area contributed by atoms with Crippen molar-refractivity contribution in [3.05, 3.63) is 0 Å². The second-order valence-electron chi connectivity index (χ2n) is 9.21. The number of unbranched alkanes of at least 4 members (excludes halogenated alkanes) is 12. The molecular weight excluding hydrogens is 494 g/mol. The van der Waals surface area contributed by atoms with Gasteiger partial charge in [-0.25, -0.2) is 0 Å². The van der Waals surface area contributed by atoms with E-state index in [9.17, 15) is 4.79 Å². The molecule has 8 nitrogen and oxygen atoms in total. The fourth-order valence-corrected chi connectivity index (χ4v) is 3.96. The molecule has 0 spiro atoms. The van der Waals surface area contributed by atoms with Crippen LogP contribution in [0.1, 0.15) is 89.9 Å². The average molecular weight is 552 g/mol. The predicted molar refractivity (Wildman–Crippen MR) is 153 cm³/mol. The largest absolute Gasteiger partial charge is 0.394 e. The standard InChI is InChI=1S/C28H57NO7S/c30-16-18-33-20-22-35-24-26-36-25-23-34-21-19-32-17-15-29-28(31)14-12-10-8-6-4-2-1-3-5-7-9-11-13-27-37/h30,37H,1-27H2,(H,29,31). The molecule has 0 aromatic carbocycles. The molecular formula is C28H57NO7S. The van der Waals surface area contributed by atoms with Gasteiger partial charge < -0.3 is 34.1 Å². The summed E-state index contributed by atoms with van der Waals surface area (Å²) in [7, 11) is 0. The highest BCUT2D eigenvalue weighted by molar-refractivity contribution is 7.80. The number of ether oxygens (including phenoxy) is 5. The Labute approximate surface area is 232 Å². The normalized spacial score (nSPS) is 11.3. The molecule has 0 radical (unpaired) electrons. The van der Waals surface area contributed by atoms with Crippen LogP contribution in [-0.2, 0) is 28.5 Å². The van der Waals surface area contributed by atoms with E-state index in [1.807, 2.05) is 0 Å². The van der Waals surface area contributed by atoms with E-state index < -0.39 is 0 Å². The van der Waals surface area contributed by atoms with Crippen molar-refractivity contribution in [1.82, 2.24) is 5.32 Å². The Bertz CT molecular complexity index is 447. The lowest BCUT2D eigenvalue weighted by Crippen LogP contribution is -2.27. The first-order valence-corrected chi connectivity index (χ1v) is 15.3. The summed E-state index contributed by atoms with van der Waals surface area (Å²) >= 11 is 4.25. The highest BCUT2D eigenvalue weighted by Crippen LogP contribution is 2.13. The van der Waals surface area contributed by atoms with E-state index in [2.05, 4.69) is 17.9 Å². The van der Waals surface area contributed by atoms with Crippen LogP contribution in [0.25, 0.3) is 0 Å². The van der Waals surface area contributed by atoms with Crippen molar-refractivity contribution in [2.75, 3.05) is 85.0 Å². The highest BCUT2D eigenvalue weighted by Gasteiger charge is 2.01. The van der Waals surface area contributed by atoms with Crippen LogP contribution in [0.5, 0.6) is 0 Å². The van der Waals surface area contributed by atoms with Crippen molar-refractivity contribution in [2.45, 2.75) is 89.9 Å². The predicted octanol–water partition coefficient (Wildman–Crippen LogP) is 4.57. The quantitative estimate of drug-likeness (QED) is 0.0833. The molecule has 0 saturated carbocycles. The average Bonchev–Trinajstić information content (AvgIpc) is 2.90. The molecule has 9 heteroatoms. The van der Waals surface area contributed by atoms with Gasteiger partial charge in [0.2, 0.25) is 5.91 Å². The molecule has 37 heavy (non-hydrogen) atoms. The Morgan fingerprint density at radius 1 is 0.514 bits per heavy atom. The highest BCUT2D eigenvalue weighted by atomic mass is 32.1. The number of aliphatic hydroxyl groups is 1. The third kappa shape index (κ3) is 33.6. The van der Waals surface area contributed by atoms with Crippen LogP contribution >= 0.6 is 12.6 Å². The van der Waals surface area contributed by atoms with Gasteiger partial charge in [-0.3, -0.25) is 4.79 Å². The van der Waals surface area contributed by atoms with E-state index in [1.54, 1.807) is 0 Å². The second kappa shape index (κ2) is 33.6. The van der Waals surface area contributed by atoms with Gasteiger partial charge in [0.15, 0.2) is 0 Å². The maximum atomic E-state index is 11.9. The third-order valence-electron chi connectivity index (χ3n) is 5.85. The summed E-state index contributed by atoms with van der Waals surface area (Å²) in [4.78, 5) is 11.9. The zero-order chi connectivity index (χ0) is 26.9. The molecule has 0 heterocycles. The maximum absolute atomic E-state index is 11.9. The number of carbonyl (C=O) groups is 1. The fourth-order valence-electron chi connectivity index (χ4n) is 3.74. The summed E-state index contributed by atoms with van der Waals surface area (Å²) in [5.41, 5.74) is 0. The Morgan fingerprint density at radius 3 is 1.27 bits per heavy atom. The maximum Gasteiger partial charge on any atom is 0.220 e. The number of thiol groups is 1. The first-order chi connectivity index (χ1) is 18.3. The first kappa shape index (κ1) is 36.6. The molecule has 0 bridgehead atoms. The molecule has 0 unspecified atom stereocenters. The Hall–Kier alpha value is -0.420. The summed E-state index contributed by atoms with van der Waals surface area (Å²) in [6.45, 7) is 5.44. The van der Waals surface area contributed by atoms with Crippen LogP contribution in [0.15, 0.2) is 0 Å². The Kier molecular flexibility index (Phi) is 33.2. The summed E-state index contributed by atoms with van der Waals surface area (Å²) in [6, 6.07) is 0. The number of amides is 1. The summed E-state index contributed by atoms with van der Waals surface area (Å²) in [5.74, 6) is 1.15. The minimum absolute atomic E-state index is 0.0310. The lowest BCUT2D eigenvalue weighted by atomic mass is 10.0. The minimum atomic E-state index is 0.0310. The number of hydrogen-bond acceptors (Lipinski definition) is 8. The van der Waals surface area contributed by atoms with Gasteiger partial charge in [0.05, 0.1) is 72.7 Å². The molecule has 0 aliphatic rings. The van der Waals surface area contributed by atoms with Gasteiger partial charge in [-0.2, -0.15) is 12.6 Å². The van der Waals surface area contributed by atoms with Crippen molar-refractivity contribution in [3.8, 4) is 0 Å². The molecule has 0 fully saturated rings.